The molecule has 0 saturated carbocycles. The predicted molar refractivity (Wildman–Crippen MR) is 143 cm³/mol. The number of cyclic esters (lactones) is 1. The van der Waals surface area contributed by atoms with Crippen molar-refractivity contribution in [1.82, 2.24) is 4.90 Å². The highest BCUT2D eigenvalue weighted by Crippen LogP contribution is 2.40. The van der Waals surface area contributed by atoms with Crippen LogP contribution in [0.2, 0.25) is 5.02 Å². The van der Waals surface area contributed by atoms with E-state index in [9.17, 15) is 22.4 Å². The molecule has 3 nitrogen and oxygen atoms in total. The van der Waals surface area contributed by atoms with Gasteiger partial charge in [0.15, 0.2) is 0 Å². The van der Waals surface area contributed by atoms with Crippen LogP contribution in [0.1, 0.15) is 60.6 Å². The average Bonchev–Trinajstić information content (AvgIpc) is 3.11. The van der Waals surface area contributed by atoms with Crippen LogP contribution in [0.3, 0.4) is 0 Å². The van der Waals surface area contributed by atoms with Crippen LogP contribution in [0, 0.1) is 12.7 Å². The fraction of sp³-hybridized carbons (Fsp3) is 0.345. The standard InChI is InChI=1S/C29H28ClF4NO2S/c1-15(2)23-12-24(25(30)13-26(23)31)22-7-6-21(38-5)11-19(22)14-35-17(4)27(37-28(35)36)18-8-16(3)9-20(10-18)29(32,33)34/h6-13,15,17,27H,14H2,1-5H3/t17-,27?/m0/s1. The Kier molecular flexibility index (Phi) is 8.05. The summed E-state index contributed by atoms with van der Waals surface area (Å²) in [7, 11) is 0. The molecule has 9 heteroatoms. The van der Waals surface area contributed by atoms with Gasteiger partial charge in [-0.1, -0.05) is 43.1 Å². The number of ether oxygens (including phenoxy) is 1. The quantitative estimate of drug-likeness (QED) is 0.220. The molecule has 1 aliphatic rings. The summed E-state index contributed by atoms with van der Waals surface area (Å²) in [6.45, 7) is 7.26. The van der Waals surface area contributed by atoms with Gasteiger partial charge in [-0.2, -0.15) is 13.2 Å². The lowest BCUT2D eigenvalue weighted by Gasteiger charge is -2.24. The van der Waals surface area contributed by atoms with Crippen molar-refractivity contribution in [2.75, 3.05) is 6.26 Å². The average molecular weight is 566 g/mol. The van der Waals surface area contributed by atoms with Crippen LogP contribution in [-0.2, 0) is 17.5 Å². The molecule has 2 atom stereocenters. The van der Waals surface area contributed by atoms with E-state index in [0.29, 0.717) is 22.3 Å². The number of aryl methyl sites for hydroxylation is 1. The zero-order valence-corrected chi connectivity index (χ0v) is 23.2. The molecular weight excluding hydrogens is 538 g/mol. The van der Waals surface area contributed by atoms with Crippen LogP contribution < -0.4 is 0 Å². The summed E-state index contributed by atoms with van der Waals surface area (Å²) < 4.78 is 60.4. The molecule has 0 aromatic heterocycles. The summed E-state index contributed by atoms with van der Waals surface area (Å²) in [4.78, 5) is 15.5. The zero-order valence-electron chi connectivity index (χ0n) is 21.6. The number of carbonyl (C=O) groups is 1. The Morgan fingerprint density at radius 1 is 1.08 bits per heavy atom. The second-order valence-corrected chi connectivity index (χ2v) is 11.1. The highest BCUT2D eigenvalue weighted by atomic mass is 35.5. The third kappa shape index (κ3) is 5.66. The number of hydrogen-bond donors (Lipinski definition) is 0. The number of rotatable bonds is 6. The van der Waals surface area contributed by atoms with E-state index in [-0.39, 0.29) is 23.3 Å². The maximum Gasteiger partial charge on any atom is 0.416 e. The first-order chi connectivity index (χ1) is 17.8. The summed E-state index contributed by atoms with van der Waals surface area (Å²) in [5, 5.41) is 0.249. The topological polar surface area (TPSA) is 29.5 Å². The molecule has 1 saturated heterocycles. The van der Waals surface area contributed by atoms with Crippen LogP contribution >= 0.6 is 23.4 Å². The fourth-order valence-corrected chi connectivity index (χ4v) is 5.51. The number of thioether (sulfide) groups is 1. The van der Waals surface area contributed by atoms with Crippen molar-refractivity contribution in [1.29, 1.82) is 0 Å². The molecule has 0 spiro atoms. The molecule has 1 amide bonds. The molecule has 1 heterocycles. The van der Waals surface area contributed by atoms with Gasteiger partial charge in [0.2, 0.25) is 0 Å². The minimum atomic E-state index is -4.51. The monoisotopic (exact) mass is 565 g/mol. The van der Waals surface area contributed by atoms with Crippen molar-refractivity contribution in [3.63, 3.8) is 0 Å². The van der Waals surface area contributed by atoms with E-state index in [1.807, 2.05) is 38.3 Å². The van der Waals surface area contributed by atoms with Gasteiger partial charge in [-0.25, -0.2) is 9.18 Å². The van der Waals surface area contributed by atoms with E-state index in [4.69, 9.17) is 16.3 Å². The first kappa shape index (κ1) is 28.3. The van der Waals surface area contributed by atoms with Gasteiger partial charge in [-0.15, -0.1) is 11.8 Å². The van der Waals surface area contributed by atoms with E-state index in [1.54, 1.807) is 26.0 Å². The summed E-state index contributed by atoms with van der Waals surface area (Å²) >= 11 is 8.02. The Morgan fingerprint density at radius 3 is 2.42 bits per heavy atom. The van der Waals surface area contributed by atoms with Gasteiger partial charge in [-0.3, -0.25) is 4.90 Å². The van der Waals surface area contributed by atoms with Crippen molar-refractivity contribution in [2.45, 2.75) is 63.4 Å². The van der Waals surface area contributed by atoms with Gasteiger partial charge in [0.25, 0.3) is 0 Å². The zero-order chi connectivity index (χ0) is 27.9. The van der Waals surface area contributed by atoms with E-state index < -0.39 is 30.0 Å². The van der Waals surface area contributed by atoms with Crippen LogP contribution in [0.4, 0.5) is 22.4 Å². The smallest absolute Gasteiger partial charge is 0.416 e. The number of benzene rings is 3. The Morgan fingerprint density at radius 2 is 1.79 bits per heavy atom. The number of nitrogens with zero attached hydrogens (tertiary/aromatic N) is 1. The molecular formula is C29H28ClF4NO2S. The highest BCUT2D eigenvalue weighted by Gasteiger charge is 2.41. The molecule has 0 radical (unpaired) electrons. The van der Waals surface area contributed by atoms with E-state index in [1.165, 1.54) is 22.7 Å². The molecule has 0 bridgehead atoms. The molecule has 3 aromatic carbocycles. The molecule has 1 unspecified atom stereocenters. The second kappa shape index (κ2) is 10.8. The van der Waals surface area contributed by atoms with Crippen molar-refractivity contribution >= 4 is 29.5 Å². The minimum Gasteiger partial charge on any atom is -0.439 e. The molecule has 202 valence electrons. The van der Waals surface area contributed by atoms with Crippen molar-refractivity contribution in [2.24, 2.45) is 0 Å². The lowest BCUT2D eigenvalue weighted by atomic mass is 9.93. The summed E-state index contributed by atoms with van der Waals surface area (Å²) in [6.07, 6.45) is -4.06. The number of alkyl halides is 3. The highest BCUT2D eigenvalue weighted by molar-refractivity contribution is 7.98. The number of carbonyl (C=O) groups excluding carboxylic acids is 1. The van der Waals surface area contributed by atoms with Crippen LogP contribution in [-0.4, -0.2) is 23.3 Å². The van der Waals surface area contributed by atoms with Gasteiger partial charge in [0.05, 0.1) is 23.2 Å². The van der Waals surface area contributed by atoms with Crippen molar-refractivity contribution in [3.05, 3.63) is 87.2 Å². The lowest BCUT2D eigenvalue weighted by molar-refractivity contribution is -0.137. The molecule has 0 aliphatic carbocycles. The van der Waals surface area contributed by atoms with Gasteiger partial charge in [-0.05, 0) is 84.7 Å². The van der Waals surface area contributed by atoms with E-state index >= 15 is 0 Å². The Labute approximate surface area is 229 Å². The van der Waals surface area contributed by atoms with Crippen molar-refractivity contribution in [3.8, 4) is 11.1 Å². The van der Waals surface area contributed by atoms with E-state index in [2.05, 4.69) is 0 Å². The molecule has 38 heavy (non-hydrogen) atoms. The maximum atomic E-state index is 14.6. The largest absolute Gasteiger partial charge is 0.439 e. The van der Waals surface area contributed by atoms with Gasteiger partial charge in [0, 0.05) is 10.5 Å². The fourth-order valence-electron chi connectivity index (χ4n) is 4.79. The molecule has 0 N–H and O–H groups in total. The summed E-state index contributed by atoms with van der Waals surface area (Å²) in [5.74, 6) is -0.447. The Balaban J connectivity index is 1.73. The number of amides is 1. The third-order valence-corrected chi connectivity index (χ3v) is 7.84. The first-order valence-electron chi connectivity index (χ1n) is 12.1. The number of hydrogen-bond acceptors (Lipinski definition) is 3. The first-order valence-corrected chi connectivity index (χ1v) is 13.7. The van der Waals surface area contributed by atoms with E-state index in [0.717, 1.165) is 28.2 Å². The maximum absolute atomic E-state index is 14.6. The lowest BCUT2D eigenvalue weighted by Crippen LogP contribution is -2.31. The SMILES string of the molecule is CSc1ccc(-c2cc(C(C)C)c(F)cc2Cl)c(CN2C(=O)OC(c3cc(C)cc(C(F)(F)F)c3)[C@@H]2C)c1. The number of halogens is 5. The molecule has 1 aliphatic heterocycles. The van der Waals surface area contributed by atoms with Gasteiger partial charge in [0.1, 0.15) is 11.9 Å². The minimum absolute atomic E-state index is 0.0646. The van der Waals surface area contributed by atoms with Crippen LogP contribution in [0.25, 0.3) is 11.1 Å². The van der Waals surface area contributed by atoms with Gasteiger partial charge < -0.3 is 4.74 Å². The Bertz CT molecular complexity index is 1380. The molecule has 1 fully saturated rings. The summed E-state index contributed by atoms with van der Waals surface area (Å²) in [6, 6.07) is 12.0. The molecule has 4 rings (SSSR count). The Hall–Kier alpha value is -2.71. The normalized spacial score (nSPS) is 17.9. The summed E-state index contributed by atoms with van der Waals surface area (Å²) in [5.41, 5.74) is 2.62. The van der Waals surface area contributed by atoms with Crippen LogP contribution in [0.5, 0.6) is 0 Å². The predicted octanol–water partition coefficient (Wildman–Crippen LogP) is 9.40. The molecule has 3 aromatic rings. The van der Waals surface area contributed by atoms with Gasteiger partial charge >= 0.3 is 12.3 Å². The second-order valence-electron chi connectivity index (χ2n) is 9.83. The van der Waals surface area contributed by atoms with Crippen molar-refractivity contribution < 1.29 is 27.1 Å². The third-order valence-electron chi connectivity index (χ3n) is 6.80. The van der Waals surface area contributed by atoms with Crippen LogP contribution in [0.15, 0.2) is 53.4 Å².